The lowest BCUT2D eigenvalue weighted by molar-refractivity contribution is -0.137. The lowest BCUT2D eigenvalue weighted by Crippen LogP contribution is -2.52. The van der Waals surface area contributed by atoms with Gasteiger partial charge in [-0.2, -0.15) is 13.2 Å². The van der Waals surface area contributed by atoms with Crippen LogP contribution in [0.5, 0.6) is 0 Å². The summed E-state index contributed by atoms with van der Waals surface area (Å²) in [5, 5.41) is 2.44. The van der Waals surface area contributed by atoms with Gasteiger partial charge in [-0.25, -0.2) is 8.78 Å². The van der Waals surface area contributed by atoms with E-state index in [0.717, 1.165) is 24.3 Å². The van der Waals surface area contributed by atoms with Crippen LogP contribution in [0.25, 0.3) is 0 Å². The Morgan fingerprint density at radius 1 is 1.03 bits per heavy atom. The fourth-order valence-corrected chi connectivity index (χ4v) is 3.24. The summed E-state index contributed by atoms with van der Waals surface area (Å²) in [6.07, 6.45) is -4.40. The first-order chi connectivity index (χ1) is 13.6. The van der Waals surface area contributed by atoms with Crippen molar-refractivity contribution in [3.63, 3.8) is 0 Å². The zero-order valence-electron chi connectivity index (χ0n) is 15.6. The molecule has 156 valence electrons. The number of alkyl halides is 3. The highest BCUT2D eigenvalue weighted by Crippen LogP contribution is 2.32. The molecule has 1 atom stereocenters. The molecule has 0 spiro atoms. The second-order valence-electron chi connectivity index (χ2n) is 6.86. The normalized spacial score (nSPS) is 16.6. The molecule has 9 heteroatoms. The van der Waals surface area contributed by atoms with E-state index in [4.69, 9.17) is 0 Å². The zero-order chi connectivity index (χ0) is 21.2. The average molecular weight is 413 g/mol. The summed E-state index contributed by atoms with van der Waals surface area (Å²) in [6, 6.07) is 7.45. The first kappa shape index (κ1) is 21.0. The highest BCUT2D eigenvalue weighted by Gasteiger charge is 2.31. The number of halogens is 5. The molecule has 0 aromatic heterocycles. The highest BCUT2D eigenvalue weighted by atomic mass is 19.4. The predicted octanol–water partition coefficient (Wildman–Crippen LogP) is 4.13. The van der Waals surface area contributed by atoms with Crippen molar-refractivity contribution in [2.24, 2.45) is 0 Å². The Hall–Kier alpha value is -2.68. The molecule has 1 aliphatic heterocycles. The number of anilines is 2. The lowest BCUT2D eigenvalue weighted by atomic mass is 10.1. The Morgan fingerprint density at radius 3 is 2.34 bits per heavy atom. The number of amides is 1. The minimum atomic E-state index is -4.40. The molecular formula is C20H20F5N3O. The molecule has 0 aliphatic carbocycles. The van der Waals surface area contributed by atoms with Crippen LogP contribution in [0.2, 0.25) is 0 Å². The van der Waals surface area contributed by atoms with Crippen molar-refractivity contribution >= 4 is 17.3 Å². The molecule has 2 aromatic carbocycles. The third kappa shape index (κ3) is 5.03. The summed E-state index contributed by atoms with van der Waals surface area (Å²) < 4.78 is 65.4. The number of hydrogen-bond acceptors (Lipinski definition) is 3. The second kappa shape index (κ2) is 8.36. The van der Waals surface area contributed by atoms with Gasteiger partial charge in [0.2, 0.25) is 5.91 Å². The van der Waals surface area contributed by atoms with Crippen LogP contribution in [-0.4, -0.2) is 43.0 Å². The maximum atomic E-state index is 13.7. The number of benzene rings is 2. The average Bonchev–Trinajstić information content (AvgIpc) is 2.69. The minimum Gasteiger partial charge on any atom is -0.369 e. The lowest BCUT2D eigenvalue weighted by Gasteiger charge is -2.38. The number of piperazine rings is 1. The van der Waals surface area contributed by atoms with Crippen molar-refractivity contribution < 1.29 is 26.7 Å². The molecular weight excluding hydrogens is 393 g/mol. The molecule has 1 aliphatic rings. The van der Waals surface area contributed by atoms with Crippen LogP contribution in [0.15, 0.2) is 42.5 Å². The third-order valence-electron chi connectivity index (χ3n) is 4.97. The van der Waals surface area contributed by atoms with E-state index in [-0.39, 0.29) is 5.69 Å². The molecule has 1 heterocycles. The molecule has 1 amide bonds. The van der Waals surface area contributed by atoms with E-state index in [1.807, 2.05) is 9.80 Å². The Kier molecular flexibility index (Phi) is 6.07. The molecule has 1 fully saturated rings. The molecule has 2 aromatic rings. The van der Waals surface area contributed by atoms with Crippen molar-refractivity contribution in [3.8, 4) is 0 Å². The molecule has 1 saturated heterocycles. The van der Waals surface area contributed by atoms with Gasteiger partial charge in [-0.3, -0.25) is 9.69 Å². The van der Waals surface area contributed by atoms with Crippen LogP contribution in [-0.2, 0) is 11.0 Å². The van der Waals surface area contributed by atoms with E-state index >= 15 is 0 Å². The van der Waals surface area contributed by atoms with Crippen LogP contribution in [0, 0.1) is 11.6 Å². The first-order valence-electron chi connectivity index (χ1n) is 9.07. The predicted molar refractivity (Wildman–Crippen MR) is 99.7 cm³/mol. The van der Waals surface area contributed by atoms with Crippen molar-refractivity contribution in [2.45, 2.75) is 19.1 Å². The van der Waals surface area contributed by atoms with Gasteiger partial charge in [0, 0.05) is 37.9 Å². The maximum Gasteiger partial charge on any atom is 0.416 e. The number of carbonyl (C=O) groups excluding carboxylic acids is 1. The first-order valence-corrected chi connectivity index (χ1v) is 9.07. The number of carbonyl (C=O) groups is 1. The van der Waals surface area contributed by atoms with Gasteiger partial charge in [0.25, 0.3) is 0 Å². The van der Waals surface area contributed by atoms with Crippen molar-refractivity contribution in [2.75, 3.05) is 36.4 Å². The number of rotatable bonds is 4. The zero-order valence-corrected chi connectivity index (χ0v) is 15.6. The van der Waals surface area contributed by atoms with E-state index < -0.39 is 35.3 Å². The van der Waals surface area contributed by atoms with Gasteiger partial charge in [-0.15, -0.1) is 0 Å². The van der Waals surface area contributed by atoms with Gasteiger partial charge in [0.1, 0.15) is 11.6 Å². The van der Waals surface area contributed by atoms with Gasteiger partial charge >= 0.3 is 6.18 Å². The highest BCUT2D eigenvalue weighted by molar-refractivity contribution is 5.94. The Balaban J connectivity index is 1.59. The van der Waals surface area contributed by atoms with E-state index in [9.17, 15) is 26.7 Å². The fourth-order valence-electron chi connectivity index (χ4n) is 3.24. The summed E-state index contributed by atoms with van der Waals surface area (Å²) in [7, 11) is 0. The van der Waals surface area contributed by atoms with Crippen LogP contribution >= 0.6 is 0 Å². The summed E-state index contributed by atoms with van der Waals surface area (Å²) in [4.78, 5) is 16.1. The van der Waals surface area contributed by atoms with Gasteiger partial charge < -0.3 is 10.2 Å². The van der Waals surface area contributed by atoms with Crippen LogP contribution in [0.3, 0.4) is 0 Å². The molecule has 0 unspecified atom stereocenters. The molecule has 3 rings (SSSR count). The standard InChI is InChI=1S/C20H20F5N3O/c1-13(19(29)26-18-6-5-15(21)12-17(18)22)27-7-9-28(10-8-27)16-4-2-3-14(11-16)20(23,24)25/h2-6,11-13H,7-10H2,1H3,(H,26,29)/t13-/m1/s1. The fraction of sp³-hybridized carbons (Fsp3) is 0.350. The van der Waals surface area contributed by atoms with Crippen LogP contribution in [0.1, 0.15) is 12.5 Å². The largest absolute Gasteiger partial charge is 0.416 e. The van der Waals surface area contributed by atoms with Crippen LogP contribution in [0.4, 0.5) is 33.3 Å². The van der Waals surface area contributed by atoms with Gasteiger partial charge in [0.15, 0.2) is 0 Å². The monoisotopic (exact) mass is 413 g/mol. The van der Waals surface area contributed by atoms with Gasteiger partial charge in [-0.1, -0.05) is 6.07 Å². The number of nitrogens with one attached hydrogen (secondary N) is 1. The summed E-state index contributed by atoms with van der Waals surface area (Å²) in [5.74, 6) is -2.04. The number of hydrogen-bond donors (Lipinski definition) is 1. The molecule has 0 saturated carbocycles. The van der Waals surface area contributed by atoms with Crippen molar-refractivity contribution in [1.82, 2.24) is 4.90 Å². The van der Waals surface area contributed by atoms with Crippen molar-refractivity contribution in [1.29, 1.82) is 0 Å². The summed E-state index contributed by atoms with van der Waals surface area (Å²) in [5.41, 5.74) is -0.331. The number of nitrogens with zero attached hydrogens (tertiary/aromatic N) is 2. The molecule has 0 bridgehead atoms. The quantitative estimate of drug-likeness (QED) is 0.766. The van der Waals surface area contributed by atoms with Crippen LogP contribution < -0.4 is 10.2 Å². The minimum absolute atomic E-state index is 0.106. The van der Waals surface area contributed by atoms with E-state index in [2.05, 4.69) is 5.32 Å². The molecule has 29 heavy (non-hydrogen) atoms. The smallest absolute Gasteiger partial charge is 0.369 e. The van der Waals surface area contributed by atoms with Crippen molar-refractivity contribution in [3.05, 3.63) is 59.7 Å². The molecule has 1 N–H and O–H groups in total. The summed E-state index contributed by atoms with van der Waals surface area (Å²) in [6.45, 7) is 3.47. The van der Waals surface area contributed by atoms with Gasteiger partial charge in [-0.05, 0) is 37.3 Å². The molecule has 0 radical (unpaired) electrons. The van der Waals surface area contributed by atoms with Gasteiger partial charge in [0.05, 0.1) is 17.3 Å². The summed E-state index contributed by atoms with van der Waals surface area (Å²) >= 11 is 0. The van der Waals surface area contributed by atoms with E-state index in [1.165, 1.54) is 6.07 Å². The Labute approximate surface area is 164 Å². The third-order valence-corrected chi connectivity index (χ3v) is 4.97. The topological polar surface area (TPSA) is 35.6 Å². The van der Waals surface area contributed by atoms with E-state index in [0.29, 0.717) is 37.9 Å². The Morgan fingerprint density at radius 2 is 1.72 bits per heavy atom. The van der Waals surface area contributed by atoms with E-state index in [1.54, 1.807) is 13.0 Å². The SMILES string of the molecule is C[C@H](C(=O)Nc1ccc(F)cc1F)N1CCN(c2cccc(C(F)(F)F)c2)CC1. The molecule has 4 nitrogen and oxygen atoms in total. The second-order valence-corrected chi connectivity index (χ2v) is 6.86. The maximum absolute atomic E-state index is 13.7. The Bertz CT molecular complexity index is 879.